The number of aromatic hydroxyl groups is 1. The SMILES string of the molecule is COc1ccc(CCC2CCCC(=O)CCC2)c(O)c1. The van der Waals surface area contributed by atoms with Gasteiger partial charge in [0.05, 0.1) is 7.11 Å². The molecule has 0 atom stereocenters. The average Bonchev–Trinajstić information content (AvgIpc) is 2.42. The van der Waals surface area contributed by atoms with Crippen molar-refractivity contribution in [3.8, 4) is 11.5 Å². The molecule has 0 saturated heterocycles. The van der Waals surface area contributed by atoms with Crippen molar-refractivity contribution in [3.05, 3.63) is 23.8 Å². The Kier molecular flexibility index (Phi) is 5.45. The van der Waals surface area contributed by atoms with Crippen LogP contribution in [-0.2, 0) is 11.2 Å². The molecule has 20 heavy (non-hydrogen) atoms. The molecule has 0 amide bonds. The molecule has 1 aromatic rings. The normalized spacial score (nSPS) is 17.6. The first kappa shape index (κ1) is 14.9. The van der Waals surface area contributed by atoms with E-state index < -0.39 is 0 Å². The molecule has 0 spiro atoms. The molecule has 0 radical (unpaired) electrons. The number of methoxy groups -OCH3 is 1. The number of carbonyl (C=O) groups is 1. The van der Waals surface area contributed by atoms with E-state index in [1.165, 1.54) is 0 Å². The number of ether oxygens (including phenoxy) is 1. The number of benzene rings is 1. The summed E-state index contributed by atoms with van der Waals surface area (Å²) >= 11 is 0. The van der Waals surface area contributed by atoms with Gasteiger partial charge in [-0.2, -0.15) is 0 Å². The second-order valence-electron chi connectivity index (χ2n) is 5.72. The summed E-state index contributed by atoms with van der Waals surface area (Å²) in [6.07, 6.45) is 7.83. The van der Waals surface area contributed by atoms with Crippen LogP contribution in [0.15, 0.2) is 18.2 Å². The van der Waals surface area contributed by atoms with Gasteiger partial charge < -0.3 is 9.84 Å². The van der Waals surface area contributed by atoms with Crippen LogP contribution in [0, 0.1) is 5.92 Å². The minimum atomic E-state index is 0.324. The van der Waals surface area contributed by atoms with Crippen molar-refractivity contribution in [1.29, 1.82) is 0 Å². The zero-order valence-corrected chi connectivity index (χ0v) is 12.2. The van der Waals surface area contributed by atoms with Gasteiger partial charge in [0.15, 0.2) is 0 Å². The number of phenolic OH excluding ortho intramolecular Hbond substituents is 1. The van der Waals surface area contributed by atoms with Crippen molar-refractivity contribution in [1.82, 2.24) is 0 Å². The highest BCUT2D eigenvalue weighted by molar-refractivity contribution is 5.78. The fourth-order valence-electron chi connectivity index (χ4n) is 2.98. The monoisotopic (exact) mass is 276 g/mol. The number of hydrogen-bond donors (Lipinski definition) is 1. The Morgan fingerprint density at radius 1 is 1.25 bits per heavy atom. The molecule has 3 nitrogen and oxygen atoms in total. The van der Waals surface area contributed by atoms with Crippen LogP contribution in [0.3, 0.4) is 0 Å². The molecule has 3 heteroatoms. The van der Waals surface area contributed by atoms with Crippen molar-refractivity contribution in [2.24, 2.45) is 5.92 Å². The Balaban J connectivity index is 1.86. The lowest BCUT2D eigenvalue weighted by Gasteiger charge is -2.19. The highest BCUT2D eigenvalue weighted by Gasteiger charge is 2.15. The Morgan fingerprint density at radius 3 is 2.55 bits per heavy atom. The van der Waals surface area contributed by atoms with Gasteiger partial charge in [0, 0.05) is 18.9 Å². The Bertz CT molecular complexity index is 442. The lowest BCUT2D eigenvalue weighted by molar-refractivity contribution is -0.119. The first-order valence-corrected chi connectivity index (χ1v) is 7.56. The maximum atomic E-state index is 11.4. The van der Waals surface area contributed by atoms with Crippen molar-refractivity contribution >= 4 is 5.78 Å². The van der Waals surface area contributed by atoms with Gasteiger partial charge in [0.1, 0.15) is 17.3 Å². The summed E-state index contributed by atoms with van der Waals surface area (Å²) in [5, 5.41) is 9.96. The number of hydrogen-bond acceptors (Lipinski definition) is 3. The third-order valence-electron chi connectivity index (χ3n) is 4.25. The van der Waals surface area contributed by atoms with E-state index in [0.717, 1.165) is 56.9 Å². The van der Waals surface area contributed by atoms with E-state index in [-0.39, 0.29) is 0 Å². The number of aryl methyl sites for hydroxylation is 1. The summed E-state index contributed by atoms with van der Waals surface area (Å²) in [5.74, 6) is 2.13. The molecule has 0 aromatic heterocycles. The van der Waals surface area contributed by atoms with Gasteiger partial charge >= 0.3 is 0 Å². The second-order valence-corrected chi connectivity index (χ2v) is 5.72. The highest BCUT2D eigenvalue weighted by atomic mass is 16.5. The molecular formula is C17H24O3. The van der Waals surface area contributed by atoms with Crippen LogP contribution in [-0.4, -0.2) is 18.0 Å². The van der Waals surface area contributed by atoms with Gasteiger partial charge in [-0.25, -0.2) is 0 Å². The van der Waals surface area contributed by atoms with Crippen LogP contribution < -0.4 is 4.74 Å². The minimum Gasteiger partial charge on any atom is -0.508 e. The molecule has 1 fully saturated rings. The maximum Gasteiger partial charge on any atom is 0.132 e. The van der Waals surface area contributed by atoms with Crippen LogP contribution in [0.2, 0.25) is 0 Å². The first-order chi connectivity index (χ1) is 9.69. The van der Waals surface area contributed by atoms with Gasteiger partial charge in [0.2, 0.25) is 0 Å². The standard InChI is InChI=1S/C17H24O3/c1-20-16-11-10-14(17(19)12-16)9-8-13-4-2-6-15(18)7-3-5-13/h10-13,19H,2-9H2,1H3. The fraction of sp³-hybridized carbons (Fsp3) is 0.588. The molecule has 1 aromatic carbocycles. The number of rotatable bonds is 4. The van der Waals surface area contributed by atoms with Crippen LogP contribution in [0.25, 0.3) is 0 Å². The third kappa shape index (κ3) is 4.26. The molecule has 0 unspecified atom stereocenters. The van der Waals surface area contributed by atoms with E-state index in [9.17, 15) is 9.90 Å². The Morgan fingerprint density at radius 2 is 1.95 bits per heavy atom. The summed E-state index contributed by atoms with van der Waals surface area (Å²) in [4.78, 5) is 11.4. The third-order valence-corrected chi connectivity index (χ3v) is 4.25. The van der Waals surface area contributed by atoms with Gasteiger partial charge in [-0.05, 0) is 43.2 Å². The van der Waals surface area contributed by atoms with Crippen molar-refractivity contribution in [2.45, 2.75) is 51.4 Å². The summed E-state index contributed by atoms with van der Waals surface area (Å²) < 4.78 is 5.09. The molecule has 2 rings (SSSR count). The number of Topliss-reactive ketones (excluding diaryl/α,β-unsaturated/α-hetero) is 1. The number of ketones is 1. The Labute approximate surface area is 121 Å². The van der Waals surface area contributed by atoms with Crippen LogP contribution in [0.5, 0.6) is 11.5 Å². The molecule has 1 N–H and O–H groups in total. The van der Waals surface area contributed by atoms with E-state index in [0.29, 0.717) is 23.2 Å². The lowest BCUT2D eigenvalue weighted by Crippen LogP contribution is -2.09. The molecule has 1 saturated carbocycles. The van der Waals surface area contributed by atoms with Gasteiger partial charge in [-0.1, -0.05) is 18.9 Å². The molecular weight excluding hydrogens is 252 g/mol. The van der Waals surface area contributed by atoms with E-state index in [2.05, 4.69) is 0 Å². The minimum absolute atomic E-state index is 0.324. The zero-order valence-electron chi connectivity index (χ0n) is 12.2. The van der Waals surface area contributed by atoms with Gasteiger partial charge in [0.25, 0.3) is 0 Å². The summed E-state index contributed by atoms with van der Waals surface area (Å²) in [6.45, 7) is 0. The molecule has 1 aliphatic rings. The Hall–Kier alpha value is -1.51. The fourth-order valence-corrected chi connectivity index (χ4v) is 2.98. The predicted octanol–water partition coefficient (Wildman–Crippen LogP) is 3.87. The quantitative estimate of drug-likeness (QED) is 0.908. The van der Waals surface area contributed by atoms with Crippen LogP contribution in [0.1, 0.15) is 50.5 Å². The molecule has 0 heterocycles. The predicted molar refractivity (Wildman–Crippen MR) is 79.2 cm³/mol. The van der Waals surface area contributed by atoms with E-state index in [4.69, 9.17) is 4.74 Å². The number of phenols is 1. The summed E-state index contributed by atoms with van der Waals surface area (Å²) in [6, 6.07) is 5.51. The van der Waals surface area contributed by atoms with Gasteiger partial charge in [-0.15, -0.1) is 0 Å². The summed E-state index contributed by atoms with van der Waals surface area (Å²) in [5.41, 5.74) is 0.990. The van der Waals surface area contributed by atoms with Crippen molar-refractivity contribution < 1.29 is 14.6 Å². The van der Waals surface area contributed by atoms with Gasteiger partial charge in [-0.3, -0.25) is 4.79 Å². The maximum absolute atomic E-state index is 11.4. The zero-order chi connectivity index (χ0) is 14.4. The lowest BCUT2D eigenvalue weighted by atomic mass is 9.86. The van der Waals surface area contributed by atoms with E-state index >= 15 is 0 Å². The largest absolute Gasteiger partial charge is 0.508 e. The van der Waals surface area contributed by atoms with Crippen molar-refractivity contribution in [2.75, 3.05) is 7.11 Å². The molecule has 1 aliphatic carbocycles. The number of carbonyl (C=O) groups excluding carboxylic acids is 1. The highest BCUT2D eigenvalue weighted by Crippen LogP contribution is 2.29. The van der Waals surface area contributed by atoms with Crippen molar-refractivity contribution in [3.63, 3.8) is 0 Å². The second kappa shape index (κ2) is 7.32. The van der Waals surface area contributed by atoms with E-state index in [1.54, 1.807) is 13.2 Å². The van der Waals surface area contributed by atoms with E-state index in [1.807, 2.05) is 12.1 Å². The molecule has 0 aliphatic heterocycles. The molecule has 0 bridgehead atoms. The first-order valence-electron chi connectivity index (χ1n) is 7.56. The van der Waals surface area contributed by atoms with Crippen LogP contribution >= 0.6 is 0 Å². The topological polar surface area (TPSA) is 46.5 Å². The molecule has 110 valence electrons. The average molecular weight is 276 g/mol. The summed E-state index contributed by atoms with van der Waals surface area (Å²) in [7, 11) is 1.60. The van der Waals surface area contributed by atoms with Crippen LogP contribution in [0.4, 0.5) is 0 Å². The smallest absolute Gasteiger partial charge is 0.132 e.